The van der Waals surface area contributed by atoms with Crippen LogP contribution in [0.4, 0.5) is 14.4 Å². The minimum Gasteiger partial charge on any atom is -0.454 e. The summed E-state index contributed by atoms with van der Waals surface area (Å²) in [5.41, 5.74) is 6.42. The molecule has 2 saturated heterocycles. The molecule has 2 fully saturated rings. The number of nitrogens with one attached hydrogen (secondary N) is 4. The zero-order valence-electron chi connectivity index (χ0n) is 41.9. The number of methoxy groups -OCH3 is 1. The van der Waals surface area contributed by atoms with Crippen molar-refractivity contribution >= 4 is 30.1 Å². The van der Waals surface area contributed by atoms with Gasteiger partial charge in [-0.2, -0.15) is 0 Å². The summed E-state index contributed by atoms with van der Waals surface area (Å²) >= 11 is 0. The summed E-state index contributed by atoms with van der Waals surface area (Å²) in [4.78, 5) is 88.4. The number of alkyl carbamates (subject to hydrolysis) is 2. The number of hydrogen-bond acceptors (Lipinski definition) is 12. The molecular formula is C53H63N9O10. The molecule has 0 aliphatic carbocycles. The number of fused-ring (bicyclic) bond motifs is 2. The lowest BCUT2D eigenvalue weighted by Crippen LogP contribution is -2.52. The smallest absolute Gasteiger partial charge is 0.410 e. The van der Waals surface area contributed by atoms with Gasteiger partial charge in [0.2, 0.25) is 18.6 Å². The van der Waals surface area contributed by atoms with Gasteiger partial charge >= 0.3 is 18.3 Å². The van der Waals surface area contributed by atoms with Gasteiger partial charge in [0.25, 0.3) is 0 Å². The van der Waals surface area contributed by atoms with Crippen LogP contribution in [0.15, 0.2) is 73.1 Å². The summed E-state index contributed by atoms with van der Waals surface area (Å²) in [7, 11) is 1.28. The Morgan fingerprint density at radius 3 is 1.94 bits per heavy atom. The van der Waals surface area contributed by atoms with E-state index in [1.807, 2.05) is 94.6 Å². The van der Waals surface area contributed by atoms with Gasteiger partial charge in [-0.3, -0.25) is 14.5 Å². The highest BCUT2D eigenvalue weighted by atomic mass is 16.7. The highest BCUT2D eigenvalue weighted by molar-refractivity contribution is 5.87. The lowest BCUT2D eigenvalue weighted by Gasteiger charge is -2.31. The number of aromatic amines is 2. The Morgan fingerprint density at radius 2 is 1.35 bits per heavy atom. The summed E-state index contributed by atoms with van der Waals surface area (Å²) in [5.74, 6) is 1.59. The van der Waals surface area contributed by atoms with Crippen molar-refractivity contribution in [2.45, 2.75) is 117 Å². The Morgan fingerprint density at radius 1 is 0.764 bits per heavy atom. The summed E-state index contributed by atoms with van der Waals surface area (Å²) in [6, 6.07) is 17.5. The largest absolute Gasteiger partial charge is 0.454 e. The zero-order valence-corrected chi connectivity index (χ0v) is 41.9. The van der Waals surface area contributed by atoms with Gasteiger partial charge in [-0.15, -0.1) is 0 Å². The van der Waals surface area contributed by atoms with E-state index in [1.165, 1.54) is 7.11 Å². The minimum atomic E-state index is -0.925. The van der Waals surface area contributed by atoms with Gasteiger partial charge in [0.15, 0.2) is 11.5 Å². The van der Waals surface area contributed by atoms with Crippen molar-refractivity contribution in [3.63, 3.8) is 0 Å². The molecule has 0 radical (unpaired) electrons. The second kappa shape index (κ2) is 20.3. The number of likely N-dealkylation sites (tertiary alicyclic amines) is 2. The maximum Gasteiger partial charge on any atom is 0.410 e. The van der Waals surface area contributed by atoms with Crippen LogP contribution in [-0.2, 0) is 36.9 Å². The summed E-state index contributed by atoms with van der Waals surface area (Å²) in [5, 5.41) is 5.49. The number of carbonyl (C=O) groups excluding carboxylic acids is 5. The lowest BCUT2D eigenvalue weighted by molar-refractivity contribution is -0.136. The first-order chi connectivity index (χ1) is 34.4. The molecule has 0 bridgehead atoms. The van der Waals surface area contributed by atoms with Gasteiger partial charge in [-0.25, -0.2) is 24.4 Å². The molecule has 3 aromatic carbocycles. The first-order valence-corrected chi connectivity index (χ1v) is 24.6. The van der Waals surface area contributed by atoms with Crippen molar-refractivity contribution in [2.24, 2.45) is 11.8 Å². The molecule has 5 amide bonds. The van der Waals surface area contributed by atoms with E-state index in [0.717, 1.165) is 57.6 Å². The van der Waals surface area contributed by atoms with Crippen LogP contribution >= 0.6 is 0 Å². The molecule has 5 aromatic rings. The molecule has 72 heavy (non-hydrogen) atoms. The maximum atomic E-state index is 14.5. The van der Waals surface area contributed by atoms with Crippen molar-refractivity contribution in [3.8, 4) is 45.1 Å². The van der Waals surface area contributed by atoms with Crippen molar-refractivity contribution in [1.82, 2.24) is 45.3 Å². The fourth-order valence-electron chi connectivity index (χ4n) is 9.82. The van der Waals surface area contributed by atoms with E-state index in [0.29, 0.717) is 42.8 Å². The minimum absolute atomic E-state index is 0.0900. The molecule has 0 spiro atoms. The van der Waals surface area contributed by atoms with Crippen LogP contribution in [0.1, 0.15) is 103 Å². The van der Waals surface area contributed by atoms with Gasteiger partial charge in [-0.05, 0) is 85.4 Å². The van der Waals surface area contributed by atoms with Crippen molar-refractivity contribution in [3.05, 3.63) is 95.8 Å². The monoisotopic (exact) mass is 985 g/mol. The fourth-order valence-corrected chi connectivity index (χ4v) is 9.82. The molecule has 19 heteroatoms. The van der Waals surface area contributed by atoms with E-state index < -0.39 is 48.1 Å². The molecule has 19 nitrogen and oxygen atoms in total. The van der Waals surface area contributed by atoms with E-state index in [4.69, 9.17) is 33.7 Å². The molecule has 9 rings (SSSR count). The second-order valence-electron chi connectivity index (χ2n) is 20.5. The fraction of sp³-hybridized carbons (Fsp3) is 0.453. The molecule has 4 aliphatic heterocycles. The highest BCUT2D eigenvalue weighted by Crippen LogP contribution is 2.40. The molecule has 4 N–H and O–H groups in total. The van der Waals surface area contributed by atoms with Gasteiger partial charge in [0, 0.05) is 37.8 Å². The van der Waals surface area contributed by atoms with Crippen molar-refractivity contribution in [1.29, 1.82) is 0 Å². The number of H-pyrrole nitrogens is 2. The normalized spacial score (nSPS) is 19.1. The van der Waals surface area contributed by atoms with Crippen LogP contribution in [0.2, 0.25) is 0 Å². The average molecular weight is 986 g/mol. The predicted molar refractivity (Wildman–Crippen MR) is 264 cm³/mol. The number of nitrogens with zero attached hydrogens (tertiary/aromatic N) is 5. The third kappa shape index (κ3) is 10.6. The number of imidazole rings is 2. The number of ether oxygens (including phenoxy) is 5. The third-order valence-electron chi connectivity index (χ3n) is 13.6. The SMILES string of the molecule is COC(=O)NC(C(=O)N1CCC[C@H]1c1nc(-c2ccc(-c3ccc(-c4cnc([C@@H]5C[C@@H](OC(=O)N6Cc7cc8c(cc7C6)OCO8)CN5C(=O)[C@@H](NC(=O)OC(C)(C)C)C(C)C)[nH]4)cc3)cc2)c[nH]1)C(C)C. The standard InChI is InChI=1S/C53H63N9O10/c1-29(2)44(58-50(65)68-8)48(63)61-19-9-10-40(61)46-54-23-38(56-46)33-15-11-31(12-16-33)32-13-17-34(18-14-32)39-24-55-47(57-39)41-22-37(27-62(41)49(64)45(30(3)4)59-51(66)72-53(5,6)7)71-52(67)60-25-35-20-42-43(70-28-69-42)21-36(35)26-60/h11-18,20-21,23-24,29-30,37,40-41,44-45H,9-10,19,22,25-28H2,1-8H3,(H,54,56)(H,55,57)(H,58,65)(H,59,66)/t37-,40+,41+,44?,45+/m1/s1. The Kier molecular flexibility index (Phi) is 13.9. The Hall–Kier alpha value is -7.57. The van der Waals surface area contributed by atoms with Crippen LogP contribution in [0, 0.1) is 11.8 Å². The first-order valence-electron chi connectivity index (χ1n) is 24.6. The topological polar surface area (TPSA) is 223 Å². The second-order valence-corrected chi connectivity index (χ2v) is 20.5. The summed E-state index contributed by atoms with van der Waals surface area (Å²) in [6.45, 7) is 14.3. The number of carbonyl (C=O) groups is 5. The molecule has 1 unspecified atom stereocenters. The lowest BCUT2D eigenvalue weighted by atomic mass is 10.0. The molecule has 0 saturated carbocycles. The quantitative estimate of drug-likeness (QED) is 0.0868. The van der Waals surface area contributed by atoms with Crippen LogP contribution in [0.5, 0.6) is 11.5 Å². The van der Waals surface area contributed by atoms with Crippen molar-refractivity contribution in [2.75, 3.05) is 27.0 Å². The number of rotatable bonds is 12. The molecular weight excluding hydrogens is 923 g/mol. The Bertz CT molecular complexity index is 2780. The number of amides is 5. The van der Waals surface area contributed by atoms with Gasteiger partial charge < -0.3 is 54.1 Å². The number of aromatic nitrogens is 4. The highest BCUT2D eigenvalue weighted by Gasteiger charge is 2.44. The zero-order chi connectivity index (χ0) is 51.0. The van der Waals surface area contributed by atoms with Crippen molar-refractivity contribution < 1.29 is 47.7 Å². The van der Waals surface area contributed by atoms with Crippen LogP contribution in [-0.4, -0.2) is 116 Å². The van der Waals surface area contributed by atoms with E-state index in [2.05, 4.69) is 20.6 Å². The molecule has 380 valence electrons. The van der Waals surface area contributed by atoms with Gasteiger partial charge in [-0.1, -0.05) is 76.2 Å². The van der Waals surface area contributed by atoms with Crippen LogP contribution in [0.3, 0.4) is 0 Å². The first kappa shape index (κ1) is 49.4. The molecule has 6 heterocycles. The van der Waals surface area contributed by atoms with Crippen LogP contribution in [0.25, 0.3) is 33.6 Å². The maximum absolute atomic E-state index is 14.5. The van der Waals surface area contributed by atoms with E-state index in [1.54, 1.807) is 41.7 Å². The molecule has 2 aromatic heterocycles. The summed E-state index contributed by atoms with van der Waals surface area (Å²) < 4.78 is 27.5. The average Bonchev–Trinajstić information content (AvgIpc) is 4.22. The predicted octanol–water partition coefficient (Wildman–Crippen LogP) is 8.25. The molecule has 5 atom stereocenters. The Labute approximate surface area is 418 Å². The number of hydrogen-bond donors (Lipinski definition) is 4. The molecule has 4 aliphatic rings. The van der Waals surface area contributed by atoms with Gasteiger partial charge in [0.1, 0.15) is 35.4 Å². The summed E-state index contributed by atoms with van der Waals surface area (Å²) in [6.07, 6.45) is 2.93. The van der Waals surface area contributed by atoms with Gasteiger partial charge in [0.05, 0.1) is 43.3 Å². The van der Waals surface area contributed by atoms with E-state index in [9.17, 15) is 24.0 Å². The van der Waals surface area contributed by atoms with E-state index >= 15 is 0 Å². The van der Waals surface area contributed by atoms with Crippen LogP contribution < -0.4 is 20.1 Å². The van der Waals surface area contributed by atoms with E-state index in [-0.39, 0.29) is 49.5 Å². The number of benzene rings is 3. The Balaban J connectivity index is 0.880. The third-order valence-corrected chi connectivity index (χ3v) is 13.6.